The molecule has 0 aliphatic rings. The van der Waals surface area contributed by atoms with Gasteiger partial charge in [0.15, 0.2) is 17.5 Å². The Morgan fingerprint density at radius 2 is 0.953 bits per heavy atom. The first kappa shape index (κ1) is 35.2. The second-order valence-corrected chi connectivity index (χ2v) is 17.3. The smallest absolute Gasteiger partial charge is 0.164 e. The lowest BCUT2D eigenvalue weighted by Gasteiger charge is -2.12. The van der Waals surface area contributed by atoms with Crippen LogP contribution in [-0.4, -0.2) is 19.5 Å². The van der Waals surface area contributed by atoms with E-state index in [0.717, 1.165) is 82.9 Å². The number of furan rings is 2. The number of hydrogen-bond donors (Lipinski definition) is 0. The van der Waals surface area contributed by atoms with E-state index in [1.807, 2.05) is 84.1 Å². The van der Waals surface area contributed by atoms with Crippen LogP contribution < -0.4 is 0 Å². The Morgan fingerprint density at radius 1 is 0.359 bits per heavy atom. The van der Waals surface area contributed by atoms with Crippen LogP contribution in [0.3, 0.4) is 0 Å². The number of hydrogen-bond acceptors (Lipinski definition) is 6. The Bertz CT molecular complexity index is 4200. The van der Waals surface area contributed by atoms with Crippen LogP contribution in [-0.2, 0) is 0 Å². The van der Waals surface area contributed by atoms with Gasteiger partial charge in [0.2, 0.25) is 0 Å². The molecule has 0 aliphatic carbocycles. The molecule has 6 nitrogen and oxygen atoms in total. The lowest BCUT2D eigenvalue weighted by molar-refractivity contribution is 0.668. The highest BCUT2D eigenvalue weighted by Crippen LogP contribution is 2.47. The predicted molar refractivity (Wildman–Crippen MR) is 263 cm³/mol. The second kappa shape index (κ2) is 13.6. The number of thiophene rings is 1. The quantitative estimate of drug-likeness (QED) is 0.173. The number of benzene rings is 9. The minimum atomic E-state index is 0.561. The molecule has 7 heteroatoms. The van der Waals surface area contributed by atoms with Gasteiger partial charge in [0.25, 0.3) is 0 Å². The molecule has 298 valence electrons. The number of nitrogens with zero attached hydrogens (tertiary/aromatic N) is 4. The van der Waals surface area contributed by atoms with Crippen LogP contribution in [0.4, 0.5) is 0 Å². The largest absolute Gasteiger partial charge is 0.456 e. The van der Waals surface area contributed by atoms with Gasteiger partial charge in [-0.25, -0.2) is 15.0 Å². The van der Waals surface area contributed by atoms with E-state index in [0.29, 0.717) is 17.5 Å². The van der Waals surface area contributed by atoms with Gasteiger partial charge in [-0.15, -0.1) is 11.3 Å². The number of aromatic nitrogens is 4. The molecule has 0 atom stereocenters. The third-order valence-electron chi connectivity index (χ3n) is 12.7. The average molecular weight is 837 g/mol. The molecular formula is C57H32N4O2S. The first-order valence-electron chi connectivity index (χ1n) is 21.3. The standard InChI is InChI=1S/C57H32N4O2S/c1-3-14-33(15-4-1)55-58-56(40-22-12-25-46-50(40)37-18-7-9-24-44(37)62-46)60-57(59-55)41-23-13-26-47-51(41)42-32-34(28-30-45(42)63-47)36-20-11-21-39-52-43(61(54(36)39)35-16-5-2-6-17-35)29-31-49-53(52)38-19-8-10-27-48(38)64-49/h1-32H. The fraction of sp³-hybridized carbons (Fsp3) is 0. The highest BCUT2D eigenvalue weighted by Gasteiger charge is 2.23. The first-order chi connectivity index (χ1) is 31.7. The Morgan fingerprint density at radius 3 is 1.73 bits per heavy atom. The molecule has 0 spiro atoms. The van der Waals surface area contributed by atoms with Gasteiger partial charge in [0, 0.05) is 80.4 Å². The van der Waals surface area contributed by atoms with Gasteiger partial charge in [0.05, 0.1) is 11.0 Å². The van der Waals surface area contributed by atoms with E-state index in [1.165, 1.54) is 36.5 Å². The monoisotopic (exact) mass is 836 g/mol. The molecule has 0 saturated heterocycles. The molecule has 0 saturated carbocycles. The van der Waals surface area contributed by atoms with E-state index in [1.54, 1.807) is 0 Å². The SMILES string of the molecule is c1ccc(-c2nc(-c3cccc4oc5ccccc5c34)nc(-c3cccc4oc5ccc(-c6cccc7c8c9c(ccc8n(-c8ccccc8)c67)sc6ccccc69)cc5c34)n2)cc1. The topological polar surface area (TPSA) is 69.9 Å². The van der Waals surface area contributed by atoms with Crippen LogP contribution in [0.15, 0.2) is 203 Å². The summed E-state index contributed by atoms with van der Waals surface area (Å²) in [6, 6.07) is 67.8. The summed E-state index contributed by atoms with van der Waals surface area (Å²) in [5.41, 5.74) is 11.5. The molecule has 0 radical (unpaired) electrons. The first-order valence-corrected chi connectivity index (χ1v) is 22.2. The van der Waals surface area contributed by atoms with E-state index in [-0.39, 0.29) is 0 Å². The summed E-state index contributed by atoms with van der Waals surface area (Å²) >= 11 is 1.86. The molecule has 0 bridgehead atoms. The zero-order valence-corrected chi connectivity index (χ0v) is 34.8. The predicted octanol–water partition coefficient (Wildman–Crippen LogP) is 15.8. The minimum Gasteiger partial charge on any atom is -0.456 e. The Labute approximate surface area is 368 Å². The molecule has 5 aromatic heterocycles. The van der Waals surface area contributed by atoms with Gasteiger partial charge in [0.1, 0.15) is 22.3 Å². The number of para-hydroxylation sites is 3. The van der Waals surface area contributed by atoms with Crippen LogP contribution in [0, 0.1) is 0 Å². The summed E-state index contributed by atoms with van der Waals surface area (Å²) in [5, 5.41) is 9.00. The van der Waals surface area contributed by atoms with Crippen LogP contribution in [0.2, 0.25) is 0 Å². The second-order valence-electron chi connectivity index (χ2n) is 16.2. The van der Waals surface area contributed by atoms with Crippen molar-refractivity contribution in [2.45, 2.75) is 0 Å². The summed E-state index contributed by atoms with van der Waals surface area (Å²) in [6.07, 6.45) is 0. The molecule has 0 amide bonds. The molecule has 14 aromatic rings. The van der Waals surface area contributed by atoms with Crippen molar-refractivity contribution < 1.29 is 8.83 Å². The molecule has 0 fully saturated rings. The van der Waals surface area contributed by atoms with Crippen molar-refractivity contribution in [3.05, 3.63) is 194 Å². The van der Waals surface area contributed by atoms with Gasteiger partial charge in [-0.2, -0.15) is 0 Å². The minimum absolute atomic E-state index is 0.561. The lowest BCUT2D eigenvalue weighted by atomic mass is 9.98. The zero-order valence-electron chi connectivity index (χ0n) is 34.0. The van der Waals surface area contributed by atoms with Crippen molar-refractivity contribution >= 4 is 97.2 Å². The van der Waals surface area contributed by atoms with Crippen molar-refractivity contribution in [1.29, 1.82) is 0 Å². The van der Waals surface area contributed by atoms with Crippen molar-refractivity contribution in [1.82, 2.24) is 19.5 Å². The van der Waals surface area contributed by atoms with E-state index < -0.39 is 0 Å². The summed E-state index contributed by atoms with van der Waals surface area (Å²) in [4.78, 5) is 15.6. The molecule has 0 aliphatic heterocycles. The maximum Gasteiger partial charge on any atom is 0.164 e. The highest BCUT2D eigenvalue weighted by molar-refractivity contribution is 7.26. The summed E-state index contributed by atoms with van der Waals surface area (Å²) in [6.45, 7) is 0. The highest BCUT2D eigenvalue weighted by atomic mass is 32.1. The molecule has 5 heterocycles. The van der Waals surface area contributed by atoms with E-state index >= 15 is 0 Å². The summed E-state index contributed by atoms with van der Waals surface area (Å²) in [5.74, 6) is 1.72. The normalized spacial score (nSPS) is 12.1. The van der Waals surface area contributed by atoms with Gasteiger partial charge < -0.3 is 13.4 Å². The molecule has 9 aromatic carbocycles. The van der Waals surface area contributed by atoms with E-state index in [4.69, 9.17) is 23.8 Å². The van der Waals surface area contributed by atoms with Gasteiger partial charge in [-0.3, -0.25) is 0 Å². The maximum atomic E-state index is 6.65. The molecule has 14 rings (SSSR count). The summed E-state index contributed by atoms with van der Waals surface area (Å²) < 4.78 is 18.0. The summed E-state index contributed by atoms with van der Waals surface area (Å²) in [7, 11) is 0. The van der Waals surface area contributed by atoms with Crippen LogP contribution >= 0.6 is 11.3 Å². The van der Waals surface area contributed by atoms with Crippen LogP contribution in [0.1, 0.15) is 0 Å². The van der Waals surface area contributed by atoms with Crippen molar-refractivity contribution in [2.24, 2.45) is 0 Å². The number of fused-ring (bicyclic) bond motifs is 13. The third kappa shape index (κ3) is 5.16. The van der Waals surface area contributed by atoms with Crippen LogP contribution in [0.5, 0.6) is 0 Å². The lowest BCUT2D eigenvalue weighted by Crippen LogP contribution is -2.00. The zero-order chi connectivity index (χ0) is 41.9. The van der Waals surface area contributed by atoms with Crippen molar-refractivity contribution in [3.8, 4) is 51.0 Å². The maximum absolute atomic E-state index is 6.65. The molecule has 64 heavy (non-hydrogen) atoms. The molecular weight excluding hydrogens is 805 g/mol. The Balaban J connectivity index is 1.02. The fourth-order valence-electron chi connectivity index (χ4n) is 9.92. The van der Waals surface area contributed by atoms with Gasteiger partial charge >= 0.3 is 0 Å². The Hall–Kier alpha value is -8.39. The molecule has 0 unspecified atom stereocenters. The van der Waals surface area contributed by atoms with E-state index in [9.17, 15) is 0 Å². The van der Waals surface area contributed by atoms with Gasteiger partial charge in [-0.1, -0.05) is 133 Å². The molecule has 0 N–H and O–H groups in total. The van der Waals surface area contributed by atoms with Gasteiger partial charge in [-0.05, 0) is 66.2 Å². The van der Waals surface area contributed by atoms with E-state index in [2.05, 4.69) is 126 Å². The average Bonchev–Trinajstić information content (AvgIpc) is 4.13. The number of rotatable bonds is 5. The van der Waals surface area contributed by atoms with Crippen molar-refractivity contribution in [3.63, 3.8) is 0 Å². The van der Waals surface area contributed by atoms with Crippen LogP contribution in [0.25, 0.3) is 137 Å². The fourth-order valence-corrected chi connectivity index (χ4v) is 11.0. The Kier molecular flexibility index (Phi) is 7.46. The van der Waals surface area contributed by atoms with Crippen molar-refractivity contribution in [2.75, 3.05) is 0 Å². The third-order valence-corrected chi connectivity index (χ3v) is 13.8.